The zero-order valence-electron chi connectivity index (χ0n) is 12.1. The molecule has 0 spiro atoms. The second-order valence-electron chi connectivity index (χ2n) is 4.82. The van der Waals surface area contributed by atoms with Crippen LogP contribution in [0.4, 0.5) is 0 Å². The zero-order chi connectivity index (χ0) is 14.3. The van der Waals surface area contributed by atoms with Crippen molar-refractivity contribution in [2.75, 3.05) is 20.3 Å². The summed E-state index contributed by atoms with van der Waals surface area (Å²) in [5.41, 5.74) is 0.363. The molecule has 0 aliphatic rings. The predicted octanol–water partition coefficient (Wildman–Crippen LogP) is 3.09. The molecule has 0 atom stereocenters. The average molecular weight is 266 g/mol. The fraction of sp³-hybridized carbons (Fsp3) is 0.533. The Labute approximate surface area is 114 Å². The highest BCUT2D eigenvalue weighted by Gasteiger charge is 2.16. The lowest BCUT2D eigenvalue weighted by Gasteiger charge is -2.23. The van der Waals surface area contributed by atoms with Gasteiger partial charge in [0.1, 0.15) is 6.29 Å². The van der Waals surface area contributed by atoms with Crippen LogP contribution in [0.2, 0.25) is 0 Å². The third-order valence-corrected chi connectivity index (χ3v) is 2.92. The minimum atomic E-state index is -0.214. The quantitative estimate of drug-likeness (QED) is 0.678. The van der Waals surface area contributed by atoms with Gasteiger partial charge >= 0.3 is 0 Å². The Morgan fingerprint density at radius 1 is 1.21 bits per heavy atom. The van der Waals surface area contributed by atoms with E-state index in [0.29, 0.717) is 30.3 Å². The van der Waals surface area contributed by atoms with Crippen molar-refractivity contribution in [2.24, 2.45) is 0 Å². The van der Waals surface area contributed by atoms with Gasteiger partial charge in [-0.1, -0.05) is 0 Å². The zero-order valence-corrected chi connectivity index (χ0v) is 12.1. The number of carbonyl (C=O) groups excluding carboxylic acids is 1. The van der Waals surface area contributed by atoms with Crippen LogP contribution in [0.1, 0.15) is 37.6 Å². The van der Waals surface area contributed by atoms with Crippen LogP contribution >= 0.6 is 0 Å². The molecular weight excluding hydrogens is 244 g/mol. The summed E-state index contributed by atoms with van der Waals surface area (Å²) in [4.78, 5) is 10.7. The van der Waals surface area contributed by atoms with E-state index in [1.807, 2.05) is 20.8 Å². The van der Waals surface area contributed by atoms with E-state index in [4.69, 9.17) is 14.2 Å². The molecule has 0 unspecified atom stereocenters. The number of benzene rings is 1. The largest absolute Gasteiger partial charge is 0.490 e. The van der Waals surface area contributed by atoms with Gasteiger partial charge < -0.3 is 14.2 Å². The second-order valence-corrected chi connectivity index (χ2v) is 4.82. The lowest BCUT2D eigenvalue weighted by molar-refractivity contribution is 0.00521. The molecule has 0 aliphatic carbocycles. The molecule has 1 aromatic rings. The van der Waals surface area contributed by atoms with Gasteiger partial charge in [-0.05, 0) is 39.0 Å². The van der Waals surface area contributed by atoms with Gasteiger partial charge in [0.15, 0.2) is 11.5 Å². The Hall–Kier alpha value is -1.55. The van der Waals surface area contributed by atoms with E-state index in [2.05, 4.69) is 0 Å². The normalized spacial score (nSPS) is 11.2. The molecule has 0 aromatic heterocycles. The molecule has 1 rings (SSSR count). The first-order valence-electron chi connectivity index (χ1n) is 6.42. The highest BCUT2D eigenvalue weighted by molar-refractivity contribution is 5.76. The molecule has 0 saturated carbocycles. The molecule has 0 bridgehead atoms. The van der Waals surface area contributed by atoms with Gasteiger partial charge in [0.2, 0.25) is 0 Å². The highest BCUT2D eigenvalue weighted by atomic mass is 16.5. The van der Waals surface area contributed by atoms with Crippen LogP contribution in [0.5, 0.6) is 11.5 Å². The Morgan fingerprint density at radius 2 is 1.95 bits per heavy atom. The molecule has 0 amide bonds. The Balaban J connectivity index is 2.69. The first-order valence-corrected chi connectivity index (χ1v) is 6.42. The first-order chi connectivity index (χ1) is 9.02. The summed E-state index contributed by atoms with van der Waals surface area (Å²) in [6, 6.07) is 5.16. The van der Waals surface area contributed by atoms with Crippen molar-refractivity contribution in [1.29, 1.82) is 0 Å². The topological polar surface area (TPSA) is 44.8 Å². The lowest BCUT2D eigenvalue weighted by Crippen LogP contribution is -2.25. The van der Waals surface area contributed by atoms with Gasteiger partial charge in [-0.3, -0.25) is 4.79 Å². The number of ether oxygens (including phenoxy) is 3. The minimum Gasteiger partial charge on any atom is -0.490 e. The molecule has 0 aliphatic heterocycles. The third-order valence-electron chi connectivity index (χ3n) is 2.92. The standard InChI is InChI=1S/C15H22O4/c1-5-18-14-10-12(11-16)6-7-13(14)19-9-8-15(2,3)17-4/h6-7,10-11H,5,8-9H2,1-4H3. The Morgan fingerprint density at radius 3 is 2.53 bits per heavy atom. The first kappa shape index (κ1) is 15.5. The van der Waals surface area contributed by atoms with Gasteiger partial charge in [0.25, 0.3) is 0 Å². The lowest BCUT2D eigenvalue weighted by atomic mass is 10.1. The van der Waals surface area contributed by atoms with E-state index in [1.165, 1.54) is 0 Å². The van der Waals surface area contributed by atoms with Crippen molar-refractivity contribution in [3.05, 3.63) is 23.8 Å². The van der Waals surface area contributed by atoms with Crippen LogP contribution in [-0.4, -0.2) is 32.2 Å². The smallest absolute Gasteiger partial charge is 0.161 e. The van der Waals surface area contributed by atoms with E-state index in [9.17, 15) is 4.79 Å². The Kier molecular flexibility index (Phi) is 5.83. The number of methoxy groups -OCH3 is 1. The van der Waals surface area contributed by atoms with Crippen molar-refractivity contribution in [3.63, 3.8) is 0 Å². The monoisotopic (exact) mass is 266 g/mol. The summed E-state index contributed by atoms with van der Waals surface area (Å²) in [6.07, 6.45) is 1.56. The Bertz CT molecular complexity index is 413. The van der Waals surface area contributed by atoms with Gasteiger partial charge in [-0.2, -0.15) is 0 Å². The molecule has 4 heteroatoms. The molecule has 0 heterocycles. The SMILES string of the molecule is CCOc1cc(C=O)ccc1OCCC(C)(C)OC. The number of aldehydes is 1. The molecule has 4 nitrogen and oxygen atoms in total. The summed E-state index contributed by atoms with van der Waals surface area (Å²) in [5, 5.41) is 0. The fourth-order valence-electron chi connectivity index (χ4n) is 1.49. The van der Waals surface area contributed by atoms with E-state index >= 15 is 0 Å². The van der Waals surface area contributed by atoms with Crippen LogP contribution in [0.25, 0.3) is 0 Å². The van der Waals surface area contributed by atoms with Crippen LogP contribution in [0, 0.1) is 0 Å². The van der Waals surface area contributed by atoms with Gasteiger partial charge in [0, 0.05) is 19.1 Å². The van der Waals surface area contributed by atoms with Crippen LogP contribution in [-0.2, 0) is 4.74 Å². The molecule has 19 heavy (non-hydrogen) atoms. The highest BCUT2D eigenvalue weighted by Crippen LogP contribution is 2.28. The third kappa shape index (κ3) is 4.91. The second kappa shape index (κ2) is 7.14. The summed E-state index contributed by atoms with van der Waals surface area (Å²) >= 11 is 0. The number of hydrogen-bond donors (Lipinski definition) is 0. The molecule has 1 aromatic carbocycles. The summed E-state index contributed by atoms with van der Waals surface area (Å²) in [6.45, 7) is 6.97. The van der Waals surface area contributed by atoms with Crippen LogP contribution < -0.4 is 9.47 Å². The average Bonchev–Trinajstić information content (AvgIpc) is 2.40. The maximum Gasteiger partial charge on any atom is 0.161 e. The maximum absolute atomic E-state index is 10.7. The van der Waals surface area contributed by atoms with E-state index in [-0.39, 0.29) is 5.60 Å². The van der Waals surface area contributed by atoms with Crippen molar-refractivity contribution < 1.29 is 19.0 Å². The van der Waals surface area contributed by atoms with Crippen molar-refractivity contribution in [1.82, 2.24) is 0 Å². The predicted molar refractivity (Wildman–Crippen MR) is 74.2 cm³/mol. The fourth-order valence-corrected chi connectivity index (χ4v) is 1.49. The van der Waals surface area contributed by atoms with Crippen molar-refractivity contribution >= 4 is 6.29 Å². The van der Waals surface area contributed by atoms with Crippen molar-refractivity contribution in [3.8, 4) is 11.5 Å². The van der Waals surface area contributed by atoms with Gasteiger partial charge in [-0.25, -0.2) is 0 Å². The number of hydrogen-bond acceptors (Lipinski definition) is 4. The minimum absolute atomic E-state index is 0.214. The van der Waals surface area contributed by atoms with Crippen LogP contribution in [0.3, 0.4) is 0 Å². The molecule has 0 saturated heterocycles. The molecule has 0 fully saturated rings. The number of carbonyl (C=O) groups is 1. The maximum atomic E-state index is 10.7. The van der Waals surface area contributed by atoms with E-state index < -0.39 is 0 Å². The van der Waals surface area contributed by atoms with Gasteiger partial charge in [-0.15, -0.1) is 0 Å². The molecule has 0 radical (unpaired) electrons. The summed E-state index contributed by atoms with van der Waals surface area (Å²) < 4.78 is 16.5. The molecular formula is C15H22O4. The summed E-state index contributed by atoms with van der Waals surface area (Å²) in [5.74, 6) is 1.25. The number of rotatable bonds is 8. The van der Waals surface area contributed by atoms with Crippen LogP contribution in [0.15, 0.2) is 18.2 Å². The van der Waals surface area contributed by atoms with E-state index in [1.54, 1.807) is 25.3 Å². The summed E-state index contributed by atoms with van der Waals surface area (Å²) in [7, 11) is 1.69. The molecule has 106 valence electrons. The van der Waals surface area contributed by atoms with Crippen molar-refractivity contribution in [2.45, 2.75) is 32.8 Å². The van der Waals surface area contributed by atoms with Gasteiger partial charge in [0.05, 0.1) is 18.8 Å². The molecule has 0 N–H and O–H groups in total. The van der Waals surface area contributed by atoms with E-state index in [0.717, 1.165) is 12.7 Å².